The molecule has 5 heteroatoms. The van der Waals surface area contributed by atoms with Crippen LogP contribution in [0.4, 0.5) is 11.4 Å². The number of ether oxygens (including phenoxy) is 2. The van der Waals surface area contributed by atoms with Gasteiger partial charge in [-0.2, -0.15) is 0 Å². The number of nitrogens with zero attached hydrogens (tertiary/aromatic N) is 1. The summed E-state index contributed by atoms with van der Waals surface area (Å²) in [6.07, 6.45) is 3.80. The topological polar surface area (TPSA) is 33.7 Å². The summed E-state index contributed by atoms with van der Waals surface area (Å²) >= 11 is 6.52. The summed E-state index contributed by atoms with van der Waals surface area (Å²) in [4.78, 5) is 2.38. The second kappa shape index (κ2) is 8.34. The van der Waals surface area contributed by atoms with Crippen LogP contribution in [0.15, 0.2) is 36.4 Å². The first kappa shape index (κ1) is 17.7. The number of hydrogen-bond donors (Lipinski definition) is 1. The molecule has 0 unspecified atom stereocenters. The van der Waals surface area contributed by atoms with Gasteiger partial charge in [-0.1, -0.05) is 11.6 Å². The molecule has 1 saturated heterocycles. The normalized spacial score (nSPS) is 14.3. The lowest BCUT2D eigenvalue weighted by molar-refractivity contribution is 0.399. The maximum absolute atomic E-state index is 6.52. The van der Waals surface area contributed by atoms with E-state index in [-0.39, 0.29) is 0 Å². The zero-order chi connectivity index (χ0) is 17.6. The van der Waals surface area contributed by atoms with E-state index in [1.807, 2.05) is 24.3 Å². The van der Waals surface area contributed by atoms with Crippen molar-refractivity contribution in [2.45, 2.75) is 25.8 Å². The van der Waals surface area contributed by atoms with Gasteiger partial charge < -0.3 is 19.7 Å². The number of nitrogens with one attached hydrogen (secondary N) is 1. The van der Waals surface area contributed by atoms with Crippen molar-refractivity contribution in [1.82, 2.24) is 0 Å². The Morgan fingerprint density at radius 1 is 1.00 bits per heavy atom. The average Bonchev–Trinajstić information content (AvgIpc) is 2.66. The van der Waals surface area contributed by atoms with Gasteiger partial charge in [-0.05, 0) is 55.7 Å². The van der Waals surface area contributed by atoms with Crippen LogP contribution in [-0.2, 0) is 6.54 Å². The fraction of sp³-hybridized carbons (Fsp3) is 0.400. The molecular weight excluding hydrogens is 336 g/mol. The number of piperidine rings is 1. The van der Waals surface area contributed by atoms with Crippen molar-refractivity contribution in [3.63, 3.8) is 0 Å². The van der Waals surface area contributed by atoms with E-state index in [1.54, 1.807) is 14.2 Å². The van der Waals surface area contributed by atoms with E-state index in [9.17, 15) is 0 Å². The molecule has 0 atom stereocenters. The molecular formula is C20H25ClN2O2. The van der Waals surface area contributed by atoms with E-state index >= 15 is 0 Å². The molecule has 1 aliphatic rings. The van der Waals surface area contributed by atoms with Crippen LogP contribution in [0.1, 0.15) is 24.8 Å². The third-order valence-corrected chi connectivity index (χ3v) is 4.92. The van der Waals surface area contributed by atoms with E-state index in [4.69, 9.17) is 21.1 Å². The van der Waals surface area contributed by atoms with Crippen molar-refractivity contribution in [1.29, 1.82) is 0 Å². The molecule has 2 aromatic carbocycles. The fourth-order valence-electron chi connectivity index (χ4n) is 3.23. The molecule has 0 bridgehead atoms. The summed E-state index contributed by atoms with van der Waals surface area (Å²) in [5.41, 5.74) is 3.17. The summed E-state index contributed by atoms with van der Waals surface area (Å²) in [7, 11) is 3.34. The van der Waals surface area contributed by atoms with Crippen LogP contribution in [0, 0.1) is 0 Å². The monoisotopic (exact) mass is 360 g/mol. The standard InChI is InChI=1S/C20H25ClN2O2/c1-24-17-7-9-20(25-2)15(12-17)14-22-16-6-8-19(18(21)13-16)23-10-4-3-5-11-23/h6-9,12-13,22H,3-5,10-11,14H2,1-2H3. The minimum atomic E-state index is 0.639. The molecule has 1 heterocycles. The van der Waals surface area contributed by atoms with E-state index in [0.717, 1.165) is 46.5 Å². The zero-order valence-electron chi connectivity index (χ0n) is 14.8. The van der Waals surface area contributed by atoms with Crippen LogP contribution in [0.3, 0.4) is 0 Å². The maximum atomic E-state index is 6.52. The highest BCUT2D eigenvalue weighted by atomic mass is 35.5. The molecule has 0 saturated carbocycles. The van der Waals surface area contributed by atoms with Crippen molar-refractivity contribution in [2.24, 2.45) is 0 Å². The SMILES string of the molecule is COc1ccc(OC)c(CNc2ccc(N3CCCCC3)c(Cl)c2)c1. The van der Waals surface area contributed by atoms with Crippen molar-refractivity contribution in [2.75, 3.05) is 37.5 Å². The molecule has 3 rings (SSSR count). The van der Waals surface area contributed by atoms with Crippen molar-refractivity contribution in [3.05, 3.63) is 47.0 Å². The van der Waals surface area contributed by atoms with Crippen molar-refractivity contribution >= 4 is 23.0 Å². The Morgan fingerprint density at radius 3 is 2.48 bits per heavy atom. The van der Waals surface area contributed by atoms with Crippen LogP contribution in [0.2, 0.25) is 5.02 Å². The Hall–Kier alpha value is -2.07. The van der Waals surface area contributed by atoms with Crippen LogP contribution < -0.4 is 19.7 Å². The molecule has 0 spiro atoms. The molecule has 1 fully saturated rings. The molecule has 25 heavy (non-hydrogen) atoms. The Labute approximate surface area is 154 Å². The maximum Gasteiger partial charge on any atom is 0.124 e. The summed E-state index contributed by atoms with van der Waals surface area (Å²) in [6.45, 7) is 2.82. The van der Waals surface area contributed by atoms with Gasteiger partial charge in [0, 0.05) is 30.9 Å². The Morgan fingerprint density at radius 2 is 1.80 bits per heavy atom. The lowest BCUT2D eigenvalue weighted by Gasteiger charge is -2.29. The van der Waals surface area contributed by atoms with Gasteiger partial charge in [-0.15, -0.1) is 0 Å². The van der Waals surface area contributed by atoms with Gasteiger partial charge in [0.2, 0.25) is 0 Å². The predicted molar refractivity (Wildman–Crippen MR) is 104 cm³/mol. The van der Waals surface area contributed by atoms with Gasteiger partial charge in [0.05, 0.1) is 24.9 Å². The highest BCUT2D eigenvalue weighted by Gasteiger charge is 2.14. The third-order valence-electron chi connectivity index (χ3n) is 4.61. The number of methoxy groups -OCH3 is 2. The minimum absolute atomic E-state index is 0.639. The highest BCUT2D eigenvalue weighted by molar-refractivity contribution is 6.33. The number of benzene rings is 2. The van der Waals surface area contributed by atoms with Crippen molar-refractivity contribution < 1.29 is 9.47 Å². The highest BCUT2D eigenvalue weighted by Crippen LogP contribution is 2.31. The molecule has 0 radical (unpaired) electrons. The average molecular weight is 361 g/mol. The van der Waals surface area contributed by atoms with Crippen LogP contribution >= 0.6 is 11.6 Å². The fourth-order valence-corrected chi connectivity index (χ4v) is 3.53. The van der Waals surface area contributed by atoms with E-state index < -0.39 is 0 Å². The van der Waals surface area contributed by atoms with Gasteiger partial charge in [0.1, 0.15) is 11.5 Å². The van der Waals surface area contributed by atoms with Gasteiger partial charge in [-0.3, -0.25) is 0 Å². The molecule has 134 valence electrons. The Kier molecular flexibility index (Phi) is 5.92. The number of rotatable bonds is 6. The molecule has 0 amide bonds. The smallest absolute Gasteiger partial charge is 0.124 e. The first-order valence-corrected chi connectivity index (χ1v) is 9.08. The zero-order valence-corrected chi connectivity index (χ0v) is 15.6. The molecule has 2 aromatic rings. The first-order chi connectivity index (χ1) is 12.2. The Bertz CT molecular complexity index is 715. The largest absolute Gasteiger partial charge is 0.497 e. The minimum Gasteiger partial charge on any atom is -0.497 e. The van der Waals surface area contributed by atoms with Crippen molar-refractivity contribution in [3.8, 4) is 11.5 Å². The number of halogens is 1. The summed E-state index contributed by atoms with van der Waals surface area (Å²) in [6, 6.07) is 12.0. The summed E-state index contributed by atoms with van der Waals surface area (Å²) in [5.74, 6) is 1.65. The second-order valence-corrected chi connectivity index (χ2v) is 6.65. The lowest BCUT2D eigenvalue weighted by Crippen LogP contribution is -2.29. The van der Waals surface area contributed by atoms with E-state index in [2.05, 4.69) is 22.3 Å². The summed E-state index contributed by atoms with van der Waals surface area (Å²) in [5, 5.41) is 4.22. The van der Waals surface area contributed by atoms with Gasteiger partial charge in [-0.25, -0.2) is 0 Å². The molecule has 0 aromatic heterocycles. The van der Waals surface area contributed by atoms with E-state index in [1.165, 1.54) is 19.3 Å². The quantitative estimate of drug-likeness (QED) is 0.789. The lowest BCUT2D eigenvalue weighted by atomic mass is 10.1. The van der Waals surface area contributed by atoms with Gasteiger partial charge in [0.15, 0.2) is 0 Å². The Balaban J connectivity index is 1.70. The second-order valence-electron chi connectivity index (χ2n) is 6.25. The predicted octanol–water partition coefficient (Wildman–Crippen LogP) is 4.96. The number of hydrogen-bond acceptors (Lipinski definition) is 4. The molecule has 1 N–H and O–H groups in total. The van der Waals surface area contributed by atoms with Gasteiger partial charge in [0.25, 0.3) is 0 Å². The molecule has 4 nitrogen and oxygen atoms in total. The van der Waals surface area contributed by atoms with Crippen LogP contribution in [-0.4, -0.2) is 27.3 Å². The molecule has 0 aliphatic carbocycles. The van der Waals surface area contributed by atoms with Crippen LogP contribution in [0.25, 0.3) is 0 Å². The first-order valence-electron chi connectivity index (χ1n) is 8.70. The number of anilines is 2. The molecule has 1 aliphatic heterocycles. The third kappa shape index (κ3) is 4.31. The van der Waals surface area contributed by atoms with E-state index in [0.29, 0.717) is 6.54 Å². The summed E-state index contributed by atoms with van der Waals surface area (Å²) < 4.78 is 10.7. The van der Waals surface area contributed by atoms with Gasteiger partial charge >= 0.3 is 0 Å². The van der Waals surface area contributed by atoms with Crippen LogP contribution in [0.5, 0.6) is 11.5 Å².